The Morgan fingerprint density at radius 3 is 1.39 bits per heavy atom. The highest BCUT2D eigenvalue weighted by molar-refractivity contribution is 5.26. The molecule has 0 aliphatic heterocycles. The second-order valence-electron chi connectivity index (χ2n) is 14.3. The van der Waals surface area contributed by atoms with E-state index in [4.69, 9.17) is 0 Å². The molecule has 0 spiro atoms. The zero-order valence-corrected chi connectivity index (χ0v) is 25.7. The lowest BCUT2D eigenvalue weighted by Crippen LogP contribution is -2.26. The van der Waals surface area contributed by atoms with E-state index in [2.05, 4.69) is 38.1 Å². The minimum atomic E-state index is 0.836. The number of hydrogen-bond acceptors (Lipinski definition) is 0. The van der Waals surface area contributed by atoms with E-state index in [0.717, 1.165) is 35.5 Å². The highest BCUT2D eigenvalue weighted by Crippen LogP contribution is 2.43. The molecular formula is C38H64. The van der Waals surface area contributed by atoms with Crippen LogP contribution in [0, 0.1) is 29.6 Å². The van der Waals surface area contributed by atoms with Crippen LogP contribution in [0.2, 0.25) is 0 Å². The van der Waals surface area contributed by atoms with E-state index < -0.39 is 0 Å². The van der Waals surface area contributed by atoms with Crippen molar-refractivity contribution in [2.45, 2.75) is 174 Å². The molecule has 0 heterocycles. The van der Waals surface area contributed by atoms with Crippen LogP contribution in [0.3, 0.4) is 0 Å². The molecule has 4 rings (SSSR count). The fourth-order valence-electron chi connectivity index (χ4n) is 8.73. The van der Waals surface area contributed by atoms with Gasteiger partial charge in [-0.25, -0.2) is 0 Å². The van der Waals surface area contributed by atoms with Crippen LogP contribution in [0.15, 0.2) is 24.3 Å². The van der Waals surface area contributed by atoms with Gasteiger partial charge in [0.25, 0.3) is 0 Å². The van der Waals surface area contributed by atoms with Crippen LogP contribution in [-0.2, 0) is 6.42 Å². The van der Waals surface area contributed by atoms with Crippen molar-refractivity contribution in [3.05, 3.63) is 35.4 Å². The molecule has 0 unspecified atom stereocenters. The predicted molar refractivity (Wildman–Crippen MR) is 168 cm³/mol. The van der Waals surface area contributed by atoms with Crippen molar-refractivity contribution in [1.29, 1.82) is 0 Å². The van der Waals surface area contributed by atoms with Gasteiger partial charge in [-0.15, -0.1) is 0 Å². The summed E-state index contributed by atoms with van der Waals surface area (Å²) in [4.78, 5) is 0. The molecule has 0 radical (unpaired) electrons. The van der Waals surface area contributed by atoms with Crippen LogP contribution >= 0.6 is 0 Å². The van der Waals surface area contributed by atoms with Gasteiger partial charge in [0.05, 0.1) is 0 Å². The van der Waals surface area contributed by atoms with E-state index in [0.29, 0.717) is 0 Å². The van der Waals surface area contributed by atoms with E-state index in [1.165, 1.54) is 128 Å². The normalized spacial score (nSPS) is 30.4. The predicted octanol–water partition coefficient (Wildman–Crippen LogP) is 12.4. The Morgan fingerprint density at radius 2 is 0.921 bits per heavy atom. The van der Waals surface area contributed by atoms with Crippen molar-refractivity contribution in [2.24, 2.45) is 29.6 Å². The minimum Gasteiger partial charge on any atom is -0.0654 e. The van der Waals surface area contributed by atoms with Crippen LogP contribution < -0.4 is 0 Å². The van der Waals surface area contributed by atoms with Gasteiger partial charge in [0.15, 0.2) is 0 Å². The lowest BCUT2D eigenvalue weighted by atomic mass is 9.68. The molecule has 1 aromatic carbocycles. The van der Waals surface area contributed by atoms with Crippen LogP contribution in [0.25, 0.3) is 0 Å². The molecule has 0 amide bonds. The summed E-state index contributed by atoms with van der Waals surface area (Å²) in [5.74, 6) is 6.06. The molecule has 3 fully saturated rings. The van der Waals surface area contributed by atoms with Gasteiger partial charge in [0.2, 0.25) is 0 Å². The highest BCUT2D eigenvalue weighted by Gasteiger charge is 2.30. The maximum Gasteiger partial charge on any atom is -0.0162 e. The molecule has 0 nitrogen and oxygen atoms in total. The van der Waals surface area contributed by atoms with E-state index >= 15 is 0 Å². The quantitative estimate of drug-likeness (QED) is 0.202. The topological polar surface area (TPSA) is 0 Å². The van der Waals surface area contributed by atoms with Gasteiger partial charge >= 0.3 is 0 Å². The van der Waals surface area contributed by atoms with Gasteiger partial charge < -0.3 is 0 Å². The maximum absolute atomic E-state index is 2.50. The van der Waals surface area contributed by atoms with Crippen LogP contribution in [0.5, 0.6) is 0 Å². The average Bonchev–Trinajstić information content (AvgIpc) is 2.98. The third-order valence-corrected chi connectivity index (χ3v) is 11.5. The second kappa shape index (κ2) is 17.1. The zero-order valence-electron chi connectivity index (χ0n) is 25.7. The van der Waals surface area contributed by atoms with Gasteiger partial charge in [-0.05, 0) is 111 Å². The average molecular weight is 521 g/mol. The molecule has 0 bridgehead atoms. The van der Waals surface area contributed by atoms with Crippen LogP contribution in [0.1, 0.15) is 179 Å². The SMILES string of the molecule is CCCCCC[C@H]1CC[C@H](c2ccc(CC[C@H]3CC[C@H]([C@H]4CC[C@H](CCCCCC)CC4)CC3)cc2)CC1. The second-order valence-corrected chi connectivity index (χ2v) is 14.3. The Bertz CT molecular complexity index is 707. The summed E-state index contributed by atoms with van der Waals surface area (Å²) in [5.41, 5.74) is 3.23. The molecule has 0 atom stereocenters. The largest absolute Gasteiger partial charge is 0.0654 e. The minimum absolute atomic E-state index is 0.836. The fourth-order valence-corrected chi connectivity index (χ4v) is 8.73. The van der Waals surface area contributed by atoms with Gasteiger partial charge in [-0.3, -0.25) is 0 Å². The third kappa shape index (κ3) is 10.0. The Balaban J connectivity index is 1.08. The summed E-state index contributed by atoms with van der Waals surface area (Å²) in [6.45, 7) is 4.65. The molecule has 0 heteroatoms. The maximum atomic E-state index is 2.50. The summed E-state index contributed by atoms with van der Waals surface area (Å²) in [6.07, 6.45) is 35.4. The fraction of sp³-hybridized carbons (Fsp3) is 0.842. The molecule has 216 valence electrons. The number of rotatable bonds is 15. The monoisotopic (exact) mass is 521 g/mol. The van der Waals surface area contributed by atoms with Gasteiger partial charge in [-0.2, -0.15) is 0 Å². The molecule has 0 aromatic heterocycles. The summed E-state index contributed by atoms with van der Waals surface area (Å²) < 4.78 is 0. The molecule has 1 aromatic rings. The molecular weight excluding hydrogens is 456 g/mol. The Labute approximate surface area is 238 Å². The van der Waals surface area contributed by atoms with Crippen molar-refractivity contribution in [1.82, 2.24) is 0 Å². The lowest BCUT2D eigenvalue weighted by molar-refractivity contribution is 0.140. The summed E-state index contributed by atoms with van der Waals surface area (Å²) in [7, 11) is 0. The zero-order chi connectivity index (χ0) is 26.4. The van der Waals surface area contributed by atoms with Gasteiger partial charge in [0.1, 0.15) is 0 Å². The number of benzene rings is 1. The lowest BCUT2D eigenvalue weighted by Gasteiger charge is -2.38. The standard InChI is InChI=1S/C38H64/c1-3-5-7-9-11-31-15-23-35(24-16-31)37-27-19-33(20-28-37)13-14-34-21-29-38(30-22-34)36-25-17-32(18-26-36)12-10-8-6-4-2/h19-20,27-28,31-32,34-36,38H,3-18,21-26,29-30H2,1-2H3/t31-,32-,34-,35-,36-,38-. The van der Waals surface area contributed by atoms with Crippen molar-refractivity contribution in [3.63, 3.8) is 0 Å². The van der Waals surface area contributed by atoms with Gasteiger partial charge in [0, 0.05) is 0 Å². The molecule has 0 N–H and O–H groups in total. The Morgan fingerprint density at radius 1 is 0.474 bits per heavy atom. The Kier molecular flexibility index (Phi) is 13.6. The first-order valence-corrected chi connectivity index (χ1v) is 17.8. The highest BCUT2D eigenvalue weighted by atomic mass is 14.4. The molecule has 3 saturated carbocycles. The van der Waals surface area contributed by atoms with E-state index in [-0.39, 0.29) is 0 Å². The summed E-state index contributed by atoms with van der Waals surface area (Å²) in [6, 6.07) is 9.97. The first-order valence-electron chi connectivity index (χ1n) is 17.8. The van der Waals surface area contributed by atoms with Crippen molar-refractivity contribution in [3.8, 4) is 0 Å². The number of aryl methyl sites for hydroxylation is 1. The van der Waals surface area contributed by atoms with Crippen LogP contribution in [-0.4, -0.2) is 0 Å². The molecule has 38 heavy (non-hydrogen) atoms. The van der Waals surface area contributed by atoms with E-state index in [9.17, 15) is 0 Å². The first-order chi connectivity index (χ1) is 18.7. The van der Waals surface area contributed by atoms with Crippen LogP contribution in [0.4, 0.5) is 0 Å². The molecule has 3 aliphatic rings. The number of unbranched alkanes of at least 4 members (excludes halogenated alkanes) is 6. The van der Waals surface area contributed by atoms with Crippen molar-refractivity contribution < 1.29 is 0 Å². The third-order valence-electron chi connectivity index (χ3n) is 11.5. The van der Waals surface area contributed by atoms with E-state index in [1.807, 2.05) is 0 Å². The smallest absolute Gasteiger partial charge is 0.0162 e. The van der Waals surface area contributed by atoms with E-state index in [1.54, 1.807) is 36.8 Å². The number of hydrogen-bond donors (Lipinski definition) is 0. The molecule has 3 aliphatic carbocycles. The van der Waals surface area contributed by atoms with Crippen molar-refractivity contribution in [2.75, 3.05) is 0 Å². The van der Waals surface area contributed by atoms with Crippen molar-refractivity contribution >= 4 is 0 Å². The first kappa shape index (κ1) is 30.2. The molecule has 0 saturated heterocycles. The summed E-state index contributed by atoms with van der Waals surface area (Å²) >= 11 is 0. The van der Waals surface area contributed by atoms with Gasteiger partial charge in [-0.1, -0.05) is 128 Å². The summed E-state index contributed by atoms with van der Waals surface area (Å²) in [5, 5.41) is 0. The Hall–Kier alpha value is -0.780.